The summed E-state index contributed by atoms with van der Waals surface area (Å²) in [6.07, 6.45) is 0. The molecule has 0 aliphatic rings. The molecule has 0 heterocycles. The summed E-state index contributed by atoms with van der Waals surface area (Å²) in [6.45, 7) is 0. The molecule has 0 spiro atoms. The zero-order chi connectivity index (χ0) is 14.5. The Balaban J connectivity index is 2.29. The van der Waals surface area contributed by atoms with Crippen LogP contribution in [0.15, 0.2) is 91.0 Å². The summed E-state index contributed by atoms with van der Waals surface area (Å²) in [5.74, 6) is 0. The van der Waals surface area contributed by atoms with E-state index in [0.29, 0.717) is 0 Å². The van der Waals surface area contributed by atoms with Crippen molar-refractivity contribution in [1.29, 1.82) is 0 Å². The Hall–Kier alpha value is -1.95. The molecule has 21 heavy (non-hydrogen) atoms. The van der Waals surface area contributed by atoms with Crippen LogP contribution in [-0.4, -0.2) is 18.8 Å². The highest BCUT2D eigenvalue weighted by atomic mass is 28.4. The van der Waals surface area contributed by atoms with Gasteiger partial charge in [0.15, 0.2) is 0 Å². The van der Waals surface area contributed by atoms with Crippen LogP contribution in [-0.2, 0) is 4.12 Å². The van der Waals surface area contributed by atoms with Gasteiger partial charge in [-0.1, -0.05) is 91.0 Å². The molecule has 0 N–H and O–H groups in total. The first-order valence-electron chi connectivity index (χ1n) is 6.89. The third-order valence-corrected chi connectivity index (χ3v) is 8.36. The molecule has 3 aromatic carbocycles. The molecule has 0 bridgehead atoms. The quantitative estimate of drug-likeness (QED) is 0.527. The molecule has 3 rings (SSSR count). The van der Waals surface area contributed by atoms with Crippen molar-refractivity contribution in [2.45, 2.75) is 0 Å². The van der Waals surface area contributed by atoms with Crippen LogP contribution in [0, 0.1) is 0 Å². The molecule has 0 unspecified atom stereocenters. The minimum absolute atomic E-state index is 1.22. The molecule has 3 aromatic rings. The minimum Gasteiger partial charge on any atom is -0.447 e. The van der Waals surface area contributed by atoms with Crippen LogP contribution in [0.2, 0.25) is 0 Å². The maximum atomic E-state index is 6.04. The lowest BCUT2D eigenvalue weighted by Crippen LogP contribution is -2.69. The first kappa shape index (κ1) is 14.0. The van der Waals surface area contributed by atoms with Gasteiger partial charge in [0.05, 0.1) is 0 Å². The van der Waals surface area contributed by atoms with Gasteiger partial charge in [-0.25, -0.2) is 0 Å². The van der Waals surface area contributed by atoms with Gasteiger partial charge in [-0.2, -0.15) is 0 Å². The predicted octanol–water partition coefficient (Wildman–Crippen LogP) is 1.75. The van der Waals surface area contributed by atoms with Crippen LogP contribution < -0.4 is 15.6 Å². The number of hydrogen-bond donors (Lipinski definition) is 0. The van der Waals surface area contributed by atoms with Crippen molar-refractivity contribution in [2.75, 3.05) is 0 Å². The molecule has 0 saturated heterocycles. The van der Waals surface area contributed by atoms with E-state index in [1.54, 1.807) is 0 Å². The van der Waals surface area contributed by atoms with Crippen LogP contribution in [0.3, 0.4) is 0 Å². The summed E-state index contributed by atoms with van der Waals surface area (Å²) in [4.78, 5) is 0. The van der Waals surface area contributed by atoms with Gasteiger partial charge in [0.1, 0.15) is 0 Å². The zero-order valence-electron chi connectivity index (χ0n) is 11.6. The first-order chi connectivity index (χ1) is 10.4. The lowest BCUT2D eigenvalue weighted by atomic mass is 10.3. The standard InChI is InChI=1S/C18H15OSi2/c20-19-21(16-10-4-1-5-11-16,17-12-6-2-7-13-17)18-14-8-3-9-15-18/h1-15H. The van der Waals surface area contributed by atoms with Gasteiger partial charge in [0, 0.05) is 0 Å². The largest absolute Gasteiger partial charge is 0.447 e. The summed E-state index contributed by atoms with van der Waals surface area (Å²) in [6, 6.07) is 31.4. The summed E-state index contributed by atoms with van der Waals surface area (Å²) in [7, 11) is 0.917. The van der Waals surface area contributed by atoms with Crippen molar-refractivity contribution in [3.8, 4) is 0 Å². The van der Waals surface area contributed by atoms with E-state index in [9.17, 15) is 0 Å². The third kappa shape index (κ3) is 2.51. The van der Waals surface area contributed by atoms with Crippen molar-refractivity contribution in [2.24, 2.45) is 0 Å². The maximum absolute atomic E-state index is 6.04. The Morgan fingerprint density at radius 2 is 0.810 bits per heavy atom. The molecule has 0 aliphatic carbocycles. The summed E-state index contributed by atoms with van der Waals surface area (Å²) in [5.41, 5.74) is 0. The topological polar surface area (TPSA) is 9.23 Å². The SMILES string of the molecule is [Si]O[Si](c1ccccc1)(c1ccccc1)c1ccccc1. The molecule has 0 aliphatic heterocycles. The van der Waals surface area contributed by atoms with Gasteiger partial charge in [-0.15, -0.1) is 0 Å². The molecular weight excluding hydrogens is 288 g/mol. The zero-order valence-corrected chi connectivity index (χ0v) is 13.6. The third-order valence-electron chi connectivity index (χ3n) is 3.69. The molecule has 0 saturated carbocycles. The van der Waals surface area contributed by atoms with Crippen LogP contribution in [0.4, 0.5) is 0 Å². The number of hydrogen-bond acceptors (Lipinski definition) is 1. The van der Waals surface area contributed by atoms with Gasteiger partial charge in [-0.3, -0.25) is 0 Å². The highest BCUT2D eigenvalue weighted by Gasteiger charge is 2.40. The monoisotopic (exact) mass is 303 g/mol. The molecule has 3 heteroatoms. The first-order valence-corrected chi connectivity index (χ1v) is 9.21. The molecule has 3 radical (unpaired) electrons. The molecule has 0 atom stereocenters. The molecule has 0 fully saturated rings. The second-order valence-corrected chi connectivity index (χ2v) is 8.79. The van der Waals surface area contributed by atoms with Gasteiger partial charge in [0.25, 0.3) is 8.32 Å². The van der Waals surface area contributed by atoms with E-state index in [0.717, 1.165) is 0 Å². The Labute approximate surface area is 129 Å². The molecular formula is C18H15OSi2. The minimum atomic E-state index is -2.48. The fourth-order valence-corrected chi connectivity index (χ4v) is 7.10. The lowest BCUT2D eigenvalue weighted by Gasteiger charge is -2.31. The van der Waals surface area contributed by atoms with E-state index in [-0.39, 0.29) is 0 Å². The van der Waals surface area contributed by atoms with Crippen molar-refractivity contribution in [3.63, 3.8) is 0 Å². The lowest BCUT2D eigenvalue weighted by molar-refractivity contribution is 0.643. The van der Waals surface area contributed by atoms with E-state index in [4.69, 9.17) is 4.12 Å². The summed E-state index contributed by atoms with van der Waals surface area (Å²) in [5, 5.41) is 3.66. The van der Waals surface area contributed by atoms with E-state index in [2.05, 4.69) is 83.3 Å². The summed E-state index contributed by atoms with van der Waals surface area (Å²) >= 11 is 0. The molecule has 0 amide bonds. The smallest absolute Gasteiger partial charge is 0.277 e. The molecule has 101 valence electrons. The van der Waals surface area contributed by atoms with Crippen LogP contribution in [0.25, 0.3) is 0 Å². The van der Waals surface area contributed by atoms with E-state index < -0.39 is 8.32 Å². The average molecular weight is 303 g/mol. The van der Waals surface area contributed by atoms with Crippen LogP contribution >= 0.6 is 0 Å². The number of benzene rings is 3. The second kappa shape index (κ2) is 6.22. The maximum Gasteiger partial charge on any atom is 0.277 e. The normalized spacial score (nSPS) is 11.3. The second-order valence-electron chi connectivity index (χ2n) is 4.88. The molecule has 1 nitrogen and oxygen atoms in total. The fourth-order valence-electron chi connectivity index (χ4n) is 2.70. The van der Waals surface area contributed by atoms with Crippen molar-refractivity contribution < 1.29 is 4.12 Å². The number of rotatable bonds is 4. The molecule has 0 aromatic heterocycles. The van der Waals surface area contributed by atoms with Crippen LogP contribution in [0.1, 0.15) is 0 Å². The van der Waals surface area contributed by atoms with Crippen LogP contribution in [0.5, 0.6) is 0 Å². The van der Waals surface area contributed by atoms with Crippen molar-refractivity contribution in [3.05, 3.63) is 91.0 Å². The fraction of sp³-hybridized carbons (Fsp3) is 0. The van der Waals surface area contributed by atoms with Gasteiger partial charge in [-0.05, 0) is 15.6 Å². The van der Waals surface area contributed by atoms with E-state index in [1.807, 2.05) is 18.2 Å². The Morgan fingerprint density at radius 1 is 0.524 bits per heavy atom. The van der Waals surface area contributed by atoms with E-state index >= 15 is 0 Å². The average Bonchev–Trinajstić information content (AvgIpc) is 2.59. The van der Waals surface area contributed by atoms with Crippen molar-refractivity contribution in [1.82, 2.24) is 0 Å². The predicted molar refractivity (Wildman–Crippen MR) is 90.8 cm³/mol. The van der Waals surface area contributed by atoms with Gasteiger partial charge >= 0.3 is 0 Å². The Bertz CT molecular complexity index is 588. The van der Waals surface area contributed by atoms with E-state index in [1.165, 1.54) is 15.6 Å². The van der Waals surface area contributed by atoms with Gasteiger partial charge in [0.2, 0.25) is 10.5 Å². The Morgan fingerprint density at radius 3 is 1.05 bits per heavy atom. The summed E-state index contributed by atoms with van der Waals surface area (Å²) < 4.78 is 6.04. The Kier molecular flexibility index (Phi) is 4.15. The highest BCUT2D eigenvalue weighted by Crippen LogP contribution is 2.07. The van der Waals surface area contributed by atoms with Gasteiger partial charge < -0.3 is 4.12 Å². The highest BCUT2D eigenvalue weighted by molar-refractivity contribution is 7.08. The van der Waals surface area contributed by atoms with Crippen molar-refractivity contribution >= 4 is 34.4 Å².